The maximum atomic E-state index is 5.55. The molecule has 5 nitrogen and oxygen atoms in total. The summed E-state index contributed by atoms with van der Waals surface area (Å²) in [4.78, 5) is 2.45. The van der Waals surface area contributed by atoms with Crippen molar-refractivity contribution in [1.82, 2.24) is 10.7 Å². The average Bonchev–Trinajstić information content (AvgIpc) is 3.15. The summed E-state index contributed by atoms with van der Waals surface area (Å²) in [6, 6.07) is 8.53. The van der Waals surface area contributed by atoms with E-state index in [1.165, 1.54) is 38.0 Å². The molecule has 2 heterocycles. The molecule has 2 aliphatic rings. The van der Waals surface area contributed by atoms with Crippen LogP contribution in [0.5, 0.6) is 0 Å². The van der Waals surface area contributed by atoms with E-state index in [0.717, 1.165) is 31.6 Å². The van der Waals surface area contributed by atoms with Crippen molar-refractivity contribution in [2.75, 3.05) is 31.1 Å². The molecule has 3 rings (SSSR count). The van der Waals surface area contributed by atoms with Gasteiger partial charge in [-0.1, -0.05) is 12.1 Å². The summed E-state index contributed by atoms with van der Waals surface area (Å²) in [5.74, 6) is 0. The minimum atomic E-state index is 0.274. The Hall–Kier alpha value is -1.66. The van der Waals surface area contributed by atoms with Crippen LogP contribution in [-0.2, 0) is 4.74 Å². The molecule has 2 fully saturated rings. The highest BCUT2D eigenvalue weighted by atomic mass is 32.1. The number of rotatable bonds is 5. The van der Waals surface area contributed by atoms with E-state index in [9.17, 15) is 0 Å². The van der Waals surface area contributed by atoms with Gasteiger partial charge in [0.15, 0.2) is 5.11 Å². The number of thiocarbonyl (C=S) groups is 1. The lowest BCUT2D eigenvalue weighted by atomic mass is 10.1. The van der Waals surface area contributed by atoms with Crippen LogP contribution >= 0.6 is 12.2 Å². The highest BCUT2D eigenvalue weighted by molar-refractivity contribution is 7.80. The van der Waals surface area contributed by atoms with E-state index in [1.807, 2.05) is 0 Å². The number of hydrogen-bond acceptors (Lipinski definition) is 4. The van der Waals surface area contributed by atoms with E-state index in [-0.39, 0.29) is 6.10 Å². The lowest BCUT2D eigenvalue weighted by Gasteiger charge is -2.28. The molecule has 1 unspecified atom stereocenters. The second-order valence-electron chi connectivity index (χ2n) is 6.35. The second kappa shape index (κ2) is 8.99. The molecule has 24 heavy (non-hydrogen) atoms. The molecular weight excluding hydrogens is 320 g/mol. The molecule has 2 saturated heterocycles. The first-order valence-corrected chi connectivity index (χ1v) is 9.25. The molecule has 1 aromatic carbocycles. The number of hydrazone groups is 1. The van der Waals surface area contributed by atoms with E-state index in [0.29, 0.717) is 5.11 Å². The van der Waals surface area contributed by atoms with E-state index < -0.39 is 0 Å². The Kier molecular flexibility index (Phi) is 6.43. The number of ether oxygens (including phenoxy) is 1. The average molecular weight is 347 g/mol. The zero-order valence-corrected chi connectivity index (χ0v) is 14.9. The van der Waals surface area contributed by atoms with Crippen molar-refractivity contribution in [1.29, 1.82) is 0 Å². The first kappa shape index (κ1) is 17.2. The molecule has 6 heteroatoms. The minimum Gasteiger partial charge on any atom is -0.376 e. The molecule has 0 amide bonds. The van der Waals surface area contributed by atoms with Gasteiger partial charge in [-0.25, -0.2) is 0 Å². The van der Waals surface area contributed by atoms with Gasteiger partial charge in [0.05, 0.1) is 12.3 Å². The summed E-state index contributed by atoms with van der Waals surface area (Å²) in [6.45, 7) is 3.93. The van der Waals surface area contributed by atoms with E-state index in [2.05, 4.69) is 45.0 Å². The summed E-state index contributed by atoms with van der Waals surface area (Å²) in [6.07, 6.45) is 8.25. The Balaban J connectivity index is 1.41. The van der Waals surface area contributed by atoms with E-state index >= 15 is 0 Å². The quantitative estimate of drug-likeness (QED) is 0.488. The number of anilines is 1. The van der Waals surface area contributed by atoms with Gasteiger partial charge in [0.25, 0.3) is 0 Å². The van der Waals surface area contributed by atoms with Gasteiger partial charge in [0, 0.05) is 31.9 Å². The Morgan fingerprint density at radius 2 is 2.00 bits per heavy atom. The van der Waals surface area contributed by atoms with Crippen LogP contribution in [0.3, 0.4) is 0 Å². The molecule has 0 spiro atoms. The summed E-state index contributed by atoms with van der Waals surface area (Å²) in [5, 5.41) is 7.87. The minimum absolute atomic E-state index is 0.274. The Labute approximate surface area is 149 Å². The van der Waals surface area contributed by atoms with Crippen LogP contribution in [0.4, 0.5) is 5.69 Å². The van der Waals surface area contributed by atoms with Crippen molar-refractivity contribution in [3.63, 3.8) is 0 Å². The molecule has 0 aliphatic carbocycles. The van der Waals surface area contributed by atoms with Crippen molar-refractivity contribution < 1.29 is 4.74 Å². The van der Waals surface area contributed by atoms with Gasteiger partial charge in [0.1, 0.15) is 0 Å². The van der Waals surface area contributed by atoms with Crippen LogP contribution in [-0.4, -0.2) is 43.7 Å². The lowest BCUT2D eigenvalue weighted by molar-refractivity contribution is 0.114. The van der Waals surface area contributed by atoms with Gasteiger partial charge in [-0.05, 0) is 62.0 Å². The smallest absolute Gasteiger partial charge is 0.187 e. The van der Waals surface area contributed by atoms with Crippen LogP contribution in [0.25, 0.3) is 0 Å². The van der Waals surface area contributed by atoms with Gasteiger partial charge in [-0.3, -0.25) is 5.43 Å². The molecule has 2 aliphatic heterocycles. The fourth-order valence-corrected chi connectivity index (χ4v) is 3.28. The summed E-state index contributed by atoms with van der Waals surface area (Å²) >= 11 is 5.21. The van der Waals surface area contributed by atoms with Crippen LogP contribution in [0.2, 0.25) is 0 Å². The zero-order chi connectivity index (χ0) is 16.6. The third kappa shape index (κ3) is 5.18. The zero-order valence-electron chi connectivity index (χ0n) is 14.0. The van der Waals surface area contributed by atoms with Crippen molar-refractivity contribution in [3.05, 3.63) is 29.8 Å². The predicted octanol–water partition coefficient (Wildman–Crippen LogP) is 2.65. The SMILES string of the molecule is S=C(NCC1CCCO1)N/N=C/c1ccc(N2CCCCC2)cc1. The number of nitrogens with zero attached hydrogens (tertiary/aromatic N) is 2. The van der Waals surface area contributed by atoms with Crippen LogP contribution in [0, 0.1) is 0 Å². The maximum Gasteiger partial charge on any atom is 0.187 e. The predicted molar refractivity (Wildman–Crippen MR) is 103 cm³/mol. The summed E-state index contributed by atoms with van der Waals surface area (Å²) < 4.78 is 5.55. The largest absolute Gasteiger partial charge is 0.376 e. The van der Waals surface area contributed by atoms with Crippen molar-refractivity contribution >= 4 is 29.2 Å². The highest BCUT2D eigenvalue weighted by Crippen LogP contribution is 2.19. The molecule has 0 radical (unpaired) electrons. The highest BCUT2D eigenvalue weighted by Gasteiger charge is 2.15. The number of hydrogen-bond donors (Lipinski definition) is 2. The Morgan fingerprint density at radius 1 is 1.21 bits per heavy atom. The first-order chi connectivity index (χ1) is 11.8. The van der Waals surface area contributed by atoms with Crippen molar-refractivity contribution in [2.24, 2.45) is 5.10 Å². The molecule has 0 saturated carbocycles. The number of piperidine rings is 1. The number of nitrogens with one attached hydrogen (secondary N) is 2. The number of benzene rings is 1. The van der Waals surface area contributed by atoms with Crippen molar-refractivity contribution in [2.45, 2.75) is 38.2 Å². The monoisotopic (exact) mass is 346 g/mol. The maximum absolute atomic E-state index is 5.55. The van der Waals surface area contributed by atoms with Crippen LogP contribution in [0.15, 0.2) is 29.4 Å². The molecule has 130 valence electrons. The van der Waals surface area contributed by atoms with Gasteiger partial charge in [-0.2, -0.15) is 5.10 Å². The first-order valence-electron chi connectivity index (χ1n) is 8.85. The fourth-order valence-electron chi connectivity index (χ4n) is 3.14. The third-order valence-electron chi connectivity index (χ3n) is 4.51. The standard InChI is InChI=1S/C18H26N4OS/c24-18(19-14-17-5-4-12-23-17)21-20-13-15-6-8-16(9-7-15)22-10-2-1-3-11-22/h6-9,13,17H,1-5,10-12,14H2,(H2,19,21,24)/b20-13+. The van der Waals surface area contributed by atoms with Gasteiger partial charge >= 0.3 is 0 Å². The van der Waals surface area contributed by atoms with E-state index in [1.54, 1.807) is 6.21 Å². The Bertz CT molecular complexity index is 549. The Morgan fingerprint density at radius 3 is 2.71 bits per heavy atom. The molecule has 1 aromatic rings. The molecule has 1 atom stereocenters. The molecule has 0 bridgehead atoms. The molecule has 2 N–H and O–H groups in total. The van der Waals surface area contributed by atoms with Gasteiger partial charge in [0.2, 0.25) is 0 Å². The summed E-state index contributed by atoms with van der Waals surface area (Å²) in [7, 11) is 0. The van der Waals surface area contributed by atoms with Crippen molar-refractivity contribution in [3.8, 4) is 0 Å². The van der Waals surface area contributed by atoms with Crippen LogP contribution in [0.1, 0.15) is 37.7 Å². The van der Waals surface area contributed by atoms with Crippen LogP contribution < -0.4 is 15.6 Å². The van der Waals surface area contributed by atoms with E-state index in [4.69, 9.17) is 17.0 Å². The molecule has 0 aromatic heterocycles. The third-order valence-corrected chi connectivity index (χ3v) is 4.74. The second-order valence-corrected chi connectivity index (χ2v) is 6.76. The topological polar surface area (TPSA) is 48.9 Å². The normalized spacial score (nSPS) is 21.2. The van der Waals surface area contributed by atoms with Gasteiger partial charge in [-0.15, -0.1) is 0 Å². The lowest BCUT2D eigenvalue weighted by Crippen LogP contribution is -2.37. The fraction of sp³-hybridized carbons (Fsp3) is 0.556. The summed E-state index contributed by atoms with van der Waals surface area (Å²) in [5.41, 5.74) is 5.22. The van der Waals surface area contributed by atoms with Gasteiger partial charge < -0.3 is 15.0 Å². The molecular formula is C18H26N4OS.